The van der Waals surface area contributed by atoms with Crippen molar-refractivity contribution in [1.29, 1.82) is 0 Å². The van der Waals surface area contributed by atoms with Crippen molar-refractivity contribution >= 4 is 28.7 Å². The first-order chi connectivity index (χ1) is 13.5. The average Bonchev–Trinajstić information content (AvgIpc) is 3.21. The van der Waals surface area contributed by atoms with Gasteiger partial charge in [0.2, 0.25) is 5.95 Å². The molecule has 3 heterocycles. The summed E-state index contributed by atoms with van der Waals surface area (Å²) in [5.74, 6) is 0.759. The minimum Gasteiger partial charge on any atom is -0.337 e. The number of rotatable bonds is 3. The smallest absolute Gasteiger partial charge is 0.332 e. The van der Waals surface area contributed by atoms with Gasteiger partial charge in [-0.05, 0) is 24.5 Å². The number of aryl methyl sites for hydroxylation is 1. The summed E-state index contributed by atoms with van der Waals surface area (Å²) in [5, 5.41) is 0.530. The number of imidazole rings is 1. The molecule has 1 aromatic carbocycles. The summed E-state index contributed by atoms with van der Waals surface area (Å²) in [4.78, 5) is 33.0. The van der Waals surface area contributed by atoms with Gasteiger partial charge in [-0.25, -0.2) is 4.79 Å². The Hall–Kier alpha value is -2.58. The van der Waals surface area contributed by atoms with Crippen molar-refractivity contribution < 1.29 is 0 Å². The summed E-state index contributed by atoms with van der Waals surface area (Å²) in [6, 6.07) is 7.83. The van der Waals surface area contributed by atoms with Crippen LogP contribution < -0.4 is 21.9 Å². The topological polar surface area (TPSA) is 91.1 Å². The predicted octanol–water partition coefficient (Wildman–Crippen LogP) is 0.908. The number of nitrogens with two attached hydrogens (primary N) is 1. The van der Waals surface area contributed by atoms with E-state index < -0.39 is 5.69 Å². The zero-order valence-electron chi connectivity index (χ0n) is 15.5. The second kappa shape index (κ2) is 6.22. The van der Waals surface area contributed by atoms with Gasteiger partial charge in [0.1, 0.15) is 0 Å². The molecule has 1 aliphatic carbocycles. The van der Waals surface area contributed by atoms with Crippen LogP contribution >= 0.6 is 11.6 Å². The van der Waals surface area contributed by atoms with Crippen molar-refractivity contribution in [1.82, 2.24) is 18.7 Å². The molecular formula is C19H21ClN6O2. The Labute approximate surface area is 165 Å². The molecule has 2 N–H and O–H groups in total. The van der Waals surface area contributed by atoms with E-state index in [0.29, 0.717) is 28.8 Å². The van der Waals surface area contributed by atoms with Crippen LogP contribution in [0.25, 0.3) is 11.2 Å². The standard InChI is InChI=1S/C19H21ClN6O2/c1-23-16-15(25-7-6-24(18(25)22-16)13-8-12(21)9-13)17(27)26(19(23)28)10-11-4-2-3-5-14(11)20/h2-5,12-13H,6-10,21H2,1H3. The van der Waals surface area contributed by atoms with Gasteiger partial charge in [-0.3, -0.25) is 13.9 Å². The molecule has 0 saturated heterocycles. The number of hydrogen-bond acceptors (Lipinski definition) is 5. The molecule has 28 heavy (non-hydrogen) atoms. The van der Waals surface area contributed by atoms with E-state index in [4.69, 9.17) is 17.3 Å². The molecular weight excluding hydrogens is 380 g/mol. The quantitative estimate of drug-likeness (QED) is 0.705. The highest BCUT2D eigenvalue weighted by Gasteiger charge is 2.37. The van der Waals surface area contributed by atoms with Crippen molar-refractivity contribution in [3.63, 3.8) is 0 Å². The highest BCUT2D eigenvalue weighted by Crippen LogP contribution is 2.33. The molecule has 0 spiro atoms. The van der Waals surface area contributed by atoms with Crippen molar-refractivity contribution in [2.45, 2.75) is 38.0 Å². The van der Waals surface area contributed by atoms with Gasteiger partial charge < -0.3 is 15.2 Å². The van der Waals surface area contributed by atoms with Crippen molar-refractivity contribution in [3.8, 4) is 0 Å². The van der Waals surface area contributed by atoms with Gasteiger partial charge in [0.15, 0.2) is 11.2 Å². The highest BCUT2D eigenvalue weighted by molar-refractivity contribution is 6.31. The number of halogens is 1. The molecule has 2 aliphatic rings. The van der Waals surface area contributed by atoms with Gasteiger partial charge in [-0.15, -0.1) is 0 Å². The lowest BCUT2D eigenvalue weighted by Gasteiger charge is -2.39. The van der Waals surface area contributed by atoms with Crippen molar-refractivity contribution in [2.75, 3.05) is 11.4 Å². The van der Waals surface area contributed by atoms with Gasteiger partial charge in [0, 0.05) is 37.2 Å². The van der Waals surface area contributed by atoms with Gasteiger partial charge in [0.05, 0.1) is 6.54 Å². The van der Waals surface area contributed by atoms with Crippen LogP contribution in [0.2, 0.25) is 5.02 Å². The molecule has 146 valence electrons. The van der Waals surface area contributed by atoms with Crippen molar-refractivity contribution in [3.05, 3.63) is 55.7 Å². The van der Waals surface area contributed by atoms with Gasteiger partial charge in [-0.2, -0.15) is 4.98 Å². The number of benzene rings is 1. The molecule has 8 nitrogen and oxygen atoms in total. The highest BCUT2D eigenvalue weighted by atomic mass is 35.5. The van der Waals surface area contributed by atoms with E-state index in [2.05, 4.69) is 9.88 Å². The first kappa shape index (κ1) is 17.5. The lowest BCUT2D eigenvalue weighted by atomic mass is 9.86. The molecule has 1 aliphatic heterocycles. The van der Waals surface area contributed by atoms with Gasteiger partial charge in [-0.1, -0.05) is 29.8 Å². The predicted molar refractivity (Wildman–Crippen MR) is 108 cm³/mol. The Morgan fingerprint density at radius 1 is 1.21 bits per heavy atom. The number of nitrogens with zero attached hydrogens (tertiary/aromatic N) is 5. The summed E-state index contributed by atoms with van der Waals surface area (Å²) >= 11 is 6.24. The third-order valence-electron chi connectivity index (χ3n) is 5.91. The molecule has 0 radical (unpaired) electrons. The molecule has 5 rings (SSSR count). The van der Waals surface area contributed by atoms with Crippen LogP contribution in [0.5, 0.6) is 0 Å². The van der Waals surface area contributed by atoms with Crippen LogP contribution in [0.3, 0.4) is 0 Å². The number of aromatic nitrogens is 4. The zero-order chi connectivity index (χ0) is 19.6. The molecule has 9 heteroatoms. The van der Waals surface area contributed by atoms with E-state index in [0.717, 1.165) is 30.9 Å². The fraction of sp³-hybridized carbons (Fsp3) is 0.421. The summed E-state index contributed by atoms with van der Waals surface area (Å²) in [6.07, 6.45) is 1.86. The van der Waals surface area contributed by atoms with Crippen LogP contribution in [0, 0.1) is 0 Å². The lowest BCUT2D eigenvalue weighted by molar-refractivity contribution is 0.333. The first-order valence-electron chi connectivity index (χ1n) is 9.41. The minimum atomic E-state index is -0.397. The lowest BCUT2D eigenvalue weighted by Crippen LogP contribution is -2.50. The number of hydrogen-bond donors (Lipinski definition) is 1. The second-order valence-corrected chi connectivity index (χ2v) is 8.05. The number of anilines is 1. The molecule has 0 bridgehead atoms. The maximum Gasteiger partial charge on any atom is 0.332 e. The Balaban J connectivity index is 1.65. The van der Waals surface area contributed by atoms with Crippen LogP contribution in [0.15, 0.2) is 33.9 Å². The Bertz CT molecular complexity index is 1200. The van der Waals surface area contributed by atoms with E-state index in [-0.39, 0.29) is 18.1 Å². The maximum absolute atomic E-state index is 13.3. The zero-order valence-corrected chi connectivity index (χ0v) is 16.3. The Morgan fingerprint density at radius 3 is 2.68 bits per heavy atom. The van der Waals surface area contributed by atoms with Crippen LogP contribution in [-0.4, -0.2) is 37.3 Å². The number of fused-ring (bicyclic) bond motifs is 3. The second-order valence-electron chi connectivity index (χ2n) is 7.64. The minimum absolute atomic E-state index is 0.128. The van der Waals surface area contributed by atoms with E-state index in [1.807, 2.05) is 22.8 Å². The van der Waals surface area contributed by atoms with Gasteiger partial charge in [0.25, 0.3) is 5.56 Å². The Kier molecular flexibility index (Phi) is 3.89. The van der Waals surface area contributed by atoms with Crippen LogP contribution in [0.1, 0.15) is 18.4 Å². The molecule has 0 atom stereocenters. The molecule has 0 unspecified atom stereocenters. The fourth-order valence-electron chi connectivity index (χ4n) is 4.27. The van der Waals surface area contributed by atoms with Gasteiger partial charge >= 0.3 is 5.69 Å². The van der Waals surface area contributed by atoms with Crippen LogP contribution in [0.4, 0.5) is 5.95 Å². The summed E-state index contributed by atoms with van der Waals surface area (Å²) in [7, 11) is 1.65. The third kappa shape index (κ3) is 2.44. The summed E-state index contributed by atoms with van der Waals surface area (Å²) in [5.41, 5.74) is 6.84. The molecule has 1 fully saturated rings. The fourth-order valence-corrected chi connectivity index (χ4v) is 4.46. The largest absolute Gasteiger partial charge is 0.337 e. The summed E-state index contributed by atoms with van der Waals surface area (Å²) < 4.78 is 4.62. The Morgan fingerprint density at radius 2 is 1.96 bits per heavy atom. The van der Waals surface area contributed by atoms with E-state index in [1.54, 1.807) is 13.1 Å². The monoisotopic (exact) mass is 400 g/mol. The van der Waals surface area contributed by atoms with Crippen molar-refractivity contribution in [2.24, 2.45) is 12.8 Å². The SMILES string of the molecule is Cn1c(=O)n(Cc2ccccc2Cl)c(=O)c2c1nc1n2CCN1C1CC(N)C1. The van der Waals surface area contributed by atoms with Crippen LogP contribution in [-0.2, 0) is 20.1 Å². The summed E-state index contributed by atoms with van der Waals surface area (Å²) in [6.45, 7) is 1.61. The molecule has 1 saturated carbocycles. The third-order valence-corrected chi connectivity index (χ3v) is 6.28. The molecule has 2 aromatic heterocycles. The molecule has 3 aromatic rings. The van der Waals surface area contributed by atoms with E-state index >= 15 is 0 Å². The maximum atomic E-state index is 13.3. The first-order valence-corrected chi connectivity index (χ1v) is 9.79. The normalized spacial score (nSPS) is 21.2. The molecule has 0 amide bonds. The van der Waals surface area contributed by atoms with E-state index in [1.165, 1.54) is 9.13 Å². The van der Waals surface area contributed by atoms with E-state index in [9.17, 15) is 9.59 Å². The average molecular weight is 401 g/mol.